The highest BCUT2D eigenvalue weighted by atomic mass is 16.6. The fourth-order valence-corrected chi connectivity index (χ4v) is 4.60. The van der Waals surface area contributed by atoms with Crippen LogP contribution < -0.4 is 4.90 Å². The van der Waals surface area contributed by atoms with E-state index in [0.29, 0.717) is 12.1 Å². The molecule has 0 unspecified atom stereocenters. The molecule has 1 aliphatic heterocycles. The molecule has 2 aromatic carbocycles. The number of benzene rings is 2. The van der Waals surface area contributed by atoms with Crippen molar-refractivity contribution in [1.29, 1.82) is 0 Å². The highest BCUT2D eigenvalue weighted by molar-refractivity contribution is 6.24. The Morgan fingerprint density at radius 1 is 0.963 bits per heavy atom. The van der Waals surface area contributed by atoms with Gasteiger partial charge in [-0.15, -0.1) is 0 Å². The van der Waals surface area contributed by atoms with Crippen LogP contribution in [-0.4, -0.2) is 42.2 Å². The van der Waals surface area contributed by atoms with E-state index in [1.54, 1.807) is 0 Å². The first-order valence-corrected chi connectivity index (χ1v) is 10.1. The number of aliphatic hydroxyl groups excluding tert-OH is 1. The molecular formula is C23H29N2O2+. The standard InChI is InChI=1S/C23H28N2O2/c1-16-8-7-9-17(2)25(16)14-18(26)15-27-24-23-21-12-5-3-10-19(21)20-11-4-6-13-22(20)23/h3-6,10-13,16-18,26H,7-9,14-15H2,1-2H3/p+1/t16-,17-,18+/m1/s1. The van der Waals surface area contributed by atoms with Crippen molar-refractivity contribution in [2.45, 2.75) is 51.3 Å². The second kappa shape index (κ2) is 7.83. The molecule has 0 aromatic heterocycles. The molecule has 0 radical (unpaired) electrons. The summed E-state index contributed by atoms with van der Waals surface area (Å²) in [7, 11) is 0. The van der Waals surface area contributed by atoms with Crippen molar-refractivity contribution in [3.63, 3.8) is 0 Å². The van der Waals surface area contributed by atoms with E-state index in [0.717, 1.165) is 23.4 Å². The summed E-state index contributed by atoms with van der Waals surface area (Å²) in [5.74, 6) is 0. The summed E-state index contributed by atoms with van der Waals surface area (Å²) in [4.78, 5) is 7.12. The fraction of sp³-hybridized carbons (Fsp3) is 0.435. The number of rotatable bonds is 5. The Balaban J connectivity index is 1.44. The second-order valence-corrected chi connectivity index (χ2v) is 7.99. The predicted octanol–water partition coefficient (Wildman–Crippen LogP) is 2.64. The van der Waals surface area contributed by atoms with Crippen LogP contribution in [-0.2, 0) is 4.84 Å². The molecule has 1 saturated heterocycles. The van der Waals surface area contributed by atoms with Crippen molar-refractivity contribution >= 4 is 5.71 Å². The topological polar surface area (TPSA) is 46.3 Å². The van der Waals surface area contributed by atoms with Crippen molar-refractivity contribution in [2.24, 2.45) is 5.16 Å². The first kappa shape index (κ1) is 18.2. The van der Waals surface area contributed by atoms with E-state index in [9.17, 15) is 5.11 Å². The van der Waals surface area contributed by atoms with E-state index >= 15 is 0 Å². The van der Waals surface area contributed by atoms with Gasteiger partial charge in [0.1, 0.15) is 25.0 Å². The maximum Gasteiger partial charge on any atom is 0.148 e. The molecular weight excluding hydrogens is 336 g/mol. The summed E-state index contributed by atoms with van der Waals surface area (Å²) >= 11 is 0. The predicted molar refractivity (Wildman–Crippen MR) is 108 cm³/mol. The van der Waals surface area contributed by atoms with E-state index in [4.69, 9.17) is 4.84 Å². The lowest BCUT2D eigenvalue weighted by atomic mass is 9.97. The average Bonchev–Trinajstić information content (AvgIpc) is 2.99. The molecule has 0 bridgehead atoms. The summed E-state index contributed by atoms with van der Waals surface area (Å²) < 4.78 is 0. The van der Waals surface area contributed by atoms with Gasteiger partial charge < -0.3 is 14.8 Å². The molecule has 2 aliphatic rings. The lowest BCUT2D eigenvalue weighted by Crippen LogP contribution is -3.20. The molecule has 2 N–H and O–H groups in total. The summed E-state index contributed by atoms with van der Waals surface area (Å²) in [5.41, 5.74) is 5.43. The van der Waals surface area contributed by atoms with Crippen LogP contribution in [0.2, 0.25) is 0 Å². The number of hydrogen-bond donors (Lipinski definition) is 2. The maximum atomic E-state index is 10.5. The number of nitrogens with zero attached hydrogens (tertiary/aromatic N) is 1. The molecule has 142 valence electrons. The first-order chi connectivity index (χ1) is 13.1. The zero-order chi connectivity index (χ0) is 18.8. The molecule has 1 heterocycles. The lowest BCUT2D eigenvalue weighted by Gasteiger charge is -2.36. The minimum atomic E-state index is -0.501. The van der Waals surface area contributed by atoms with Gasteiger partial charge in [0, 0.05) is 11.1 Å². The SMILES string of the molecule is C[C@@H]1CCC[C@@H](C)[NH+]1C[C@H](O)CON=C1c2ccccc2-c2ccccc21. The number of nitrogens with one attached hydrogen (secondary N) is 1. The molecule has 4 heteroatoms. The van der Waals surface area contributed by atoms with Gasteiger partial charge in [0.05, 0.1) is 12.1 Å². The average molecular weight is 365 g/mol. The Hall–Kier alpha value is -2.17. The zero-order valence-electron chi connectivity index (χ0n) is 16.2. The monoisotopic (exact) mass is 365 g/mol. The molecule has 1 aliphatic carbocycles. The fourth-order valence-electron chi connectivity index (χ4n) is 4.60. The number of aliphatic hydroxyl groups is 1. The number of hydrogen-bond acceptors (Lipinski definition) is 3. The van der Waals surface area contributed by atoms with Gasteiger partial charge >= 0.3 is 0 Å². The Labute approximate surface area is 161 Å². The molecule has 1 fully saturated rings. The van der Waals surface area contributed by atoms with E-state index in [1.807, 2.05) is 24.3 Å². The van der Waals surface area contributed by atoms with Crippen LogP contribution >= 0.6 is 0 Å². The van der Waals surface area contributed by atoms with Crippen molar-refractivity contribution in [1.82, 2.24) is 0 Å². The van der Waals surface area contributed by atoms with Crippen LogP contribution in [0.15, 0.2) is 53.7 Å². The van der Waals surface area contributed by atoms with Crippen molar-refractivity contribution in [3.05, 3.63) is 59.7 Å². The Morgan fingerprint density at radius 2 is 1.48 bits per heavy atom. The van der Waals surface area contributed by atoms with Crippen LogP contribution in [0.25, 0.3) is 11.1 Å². The van der Waals surface area contributed by atoms with Crippen LogP contribution in [0.3, 0.4) is 0 Å². The van der Waals surface area contributed by atoms with Crippen molar-refractivity contribution in [3.8, 4) is 11.1 Å². The molecule has 2 aromatic rings. The maximum absolute atomic E-state index is 10.5. The third-order valence-electron chi connectivity index (χ3n) is 6.09. The van der Waals surface area contributed by atoms with Gasteiger partial charge in [-0.05, 0) is 44.2 Å². The molecule has 4 rings (SSSR count). The van der Waals surface area contributed by atoms with Gasteiger partial charge in [-0.3, -0.25) is 0 Å². The number of quaternary nitrogens is 1. The third kappa shape index (κ3) is 3.64. The van der Waals surface area contributed by atoms with E-state index < -0.39 is 6.10 Å². The normalized spacial score (nSPS) is 22.9. The molecule has 0 amide bonds. The second-order valence-electron chi connectivity index (χ2n) is 7.99. The van der Waals surface area contributed by atoms with Gasteiger partial charge in [0.25, 0.3) is 0 Å². The van der Waals surface area contributed by atoms with Crippen LogP contribution in [0, 0.1) is 0 Å². The van der Waals surface area contributed by atoms with Crippen LogP contribution in [0.5, 0.6) is 0 Å². The van der Waals surface area contributed by atoms with Crippen molar-refractivity contribution < 1.29 is 14.8 Å². The lowest BCUT2D eigenvalue weighted by molar-refractivity contribution is -0.954. The third-order valence-corrected chi connectivity index (χ3v) is 6.09. The van der Waals surface area contributed by atoms with E-state index in [2.05, 4.69) is 43.3 Å². The summed E-state index contributed by atoms with van der Waals surface area (Å²) in [6, 6.07) is 17.7. The smallest absolute Gasteiger partial charge is 0.148 e. The molecule has 4 nitrogen and oxygen atoms in total. The number of piperidine rings is 1. The largest absolute Gasteiger partial charge is 0.392 e. The summed E-state index contributed by atoms with van der Waals surface area (Å²) in [5, 5.41) is 14.9. The van der Waals surface area contributed by atoms with Gasteiger partial charge in [-0.1, -0.05) is 53.7 Å². The van der Waals surface area contributed by atoms with Crippen LogP contribution in [0.1, 0.15) is 44.2 Å². The highest BCUT2D eigenvalue weighted by Crippen LogP contribution is 2.36. The molecule has 0 saturated carbocycles. The van der Waals surface area contributed by atoms with E-state index in [-0.39, 0.29) is 6.61 Å². The summed E-state index contributed by atoms with van der Waals surface area (Å²) in [6.07, 6.45) is 3.27. The van der Waals surface area contributed by atoms with Crippen LogP contribution in [0.4, 0.5) is 0 Å². The molecule has 3 atom stereocenters. The number of fused-ring (bicyclic) bond motifs is 3. The van der Waals surface area contributed by atoms with Gasteiger partial charge in [-0.25, -0.2) is 0 Å². The van der Waals surface area contributed by atoms with E-state index in [1.165, 1.54) is 35.3 Å². The Bertz CT molecular complexity index is 775. The van der Waals surface area contributed by atoms with Gasteiger partial charge in [0.15, 0.2) is 0 Å². The number of likely N-dealkylation sites (tertiary alicyclic amines) is 1. The minimum absolute atomic E-state index is 0.233. The summed E-state index contributed by atoms with van der Waals surface area (Å²) in [6.45, 7) is 5.52. The zero-order valence-corrected chi connectivity index (χ0v) is 16.2. The molecule has 27 heavy (non-hydrogen) atoms. The Kier molecular flexibility index (Phi) is 5.28. The first-order valence-electron chi connectivity index (χ1n) is 10.1. The minimum Gasteiger partial charge on any atom is -0.392 e. The Morgan fingerprint density at radius 3 is 2.04 bits per heavy atom. The quantitative estimate of drug-likeness (QED) is 0.683. The van der Waals surface area contributed by atoms with Gasteiger partial charge in [-0.2, -0.15) is 0 Å². The number of oxime groups is 1. The van der Waals surface area contributed by atoms with Crippen molar-refractivity contribution in [2.75, 3.05) is 13.2 Å². The molecule has 0 spiro atoms. The highest BCUT2D eigenvalue weighted by Gasteiger charge is 2.30. The van der Waals surface area contributed by atoms with Gasteiger partial charge in [0.2, 0.25) is 0 Å².